The number of hydrogen-bond acceptors (Lipinski definition) is 6. The van der Waals surface area contributed by atoms with Gasteiger partial charge in [-0.05, 0) is 61.0 Å². The van der Waals surface area contributed by atoms with Gasteiger partial charge >= 0.3 is 0 Å². The van der Waals surface area contributed by atoms with Crippen molar-refractivity contribution in [2.24, 2.45) is 5.10 Å². The lowest BCUT2D eigenvalue weighted by Crippen LogP contribution is -2.21. The topological polar surface area (TPSA) is 81.4 Å². The molecular weight excluding hydrogens is 514 g/mol. The summed E-state index contributed by atoms with van der Waals surface area (Å²) in [5.74, 6) is 1.36. The number of nitrogens with zero attached hydrogens (tertiary/aromatic N) is 4. The quantitative estimate of drug-likeness (QED) is 0.187. The lowest BCUT2D eigenvalue weighted by Gasteiger charge is -2.10. The summed E-state index contributed by atoms with van der Waals surface area (Å²) in [6, 6.07) is 25.2. The second-order valence-corrected chi connectivity index (χ2v) is 9.09. The molecular formula is C25H22BrN5O2S. The zero-order valence-electron chi connectivity index (χ0n) is 18.6. The summed E-state index contributed by atoms with van der Waals surface area (Å²) in [6.07, 6.45) is 0. The van der Waals surface area contributed by atoms with Crippen molar-refractivity contribution in [2.45, 2.75) is 12.1 Å². The monoisotopic (exact) mass is 535 g/mol. The summed E-state index contributed by atoms with van der Waals surface area (Å²) in [4.78, 5) is 12.5. The molecule has 1 amide bonds. The second kappa shape index (κ2) is 11.1. The van der Waals surface area contributed by atoms with Crippen LogP contribution in [0.4, 0.5) is 0 Å². The Morgan fingerprint density at radius 1 is 1.03 bits per heavy atom. The molecule has 0 bridgehead atoms. The third-order valence-electron chi connectivity index (χ3n) is 4.94. The van der Waals surface area contributed by atoms with Crippen molar-refractivity contribution in [3.8, 4) is 22.8 Å². The van der Waals surface area contributed by atoms with Crippen LogP contribution >= 0.6 is 27.7 Å². The van der Waals surface area contributed by atoms with Crippen LogP contribution < -0.4 is 10.2 Å². The van der Waals surface area contributed by atoms with Crippen LogP contribution in [0.25, 0.3) is 17.1 Å². The van der Waals surface area contributed by atoms with Gasteiger partial charge in [-0.2, -0.15) is 5.10 Å². The summed E-state index contributed by atoms with van der Waals surface area (Å²) in [6.45, 7) is 1.85. The molecule has 1 N–H and O–H groups in total. The van der Waals surface area contributed by atoms with E-state index in [1.54, 1.807) is 7.11 Å². The number of carbonyl (C=O) groups is 1. The fourth-order valence-corrected chi connectivity index (χ4v) is 4.17. The number of thioether (sulfide) groups is 1. The number of carbonyl (C=O) groups excluding carboxylic acids is 1. The standard InChI is InChI=1S/C25H22BrN5O2S/c1-17(18-8-12-20(26)13-9-18)27-28-23(32)16-34-25-30-29-24(19-10-14-22(33-2)15-11-19)31(25)21-6-4-3-5-7-21/h3-15H,16H2,1-2H3,(H,28,32)/b27-17+. The largest absolute Gasteiger partial charge is 0.497 e. The number of halogens is 1. The molecule has 0 aliphatic heterocycles. The Morgan fingerprint density at radius 3 is 2.41 bits per heavy atom. The van der Waals surface area contributed by atoms with Gasteiger partial charge in [0.1, 0.15) is 5.75 Å². The predicted octanol–water partition coefficient (Wildman–Crippen LogP) is 5.34. The highest BCUT2D eigenvalue weighted by molar-refractivity contribution is 9.10. The Labute approximate surface area is 210 Å². The van der Waals surface area contributed by atoms with Gasteiger partial charge in [0, 0.05) is 15.7 Å². The highest BCUT2D eigenvalue weighted by Gasteiger charge is 2.17. The SMILES string of the molecule is COc1ccc(-c2nnc(SCC(=O)N/N=C(\C)c3ccc(Br)cc3)n2-c2ccccc2)cc1. The Bertz CT molecular complexity index is 1290. The van der Waals surface area contributed by atoms with E-state index in [9.17, 15) is 4.79 Å². The smallest absolute Gasteiger partial charge is 0.250 e. The first-order valence-corrected chi connectivity index (χ1v) is 12.2. The van der Waals surface area contributed by atoms with Crippen molar-refractivity contribution in [3.63, 3.8) is 0 Å². The summed E-state index contributed by atoms with van der Waals surface area (Å²) >= 11 is 4.71. The number of hydrogen-bond donors (Lipinski definition) is 1. The molecule has 9 heteroatoms. The van der Waals surface area contributed by atoms with Crippen molar-refractivity contribution in [1.82, 2.24) is 20.2 Å². The van der Waals surface area contributed by atoms with Crippen molar-refractivity contribution in [2.75, 3.05) is 12.9 Å². The molecule has 34 heavy (non-hydrogen) atoms. The van der Waals surface area contributed by atoms with Crippen LogP contribution in [0, 0.1) is 0 Å². The maximum Gasteiger partial charge on any atom is 0.250 e. The van der Waals surface area contributed by atoms with Crippen LogP contribution in [0.3, 0.4) is 0 Å². The molecule has 0 atom stereocenters. The van der Waals surface area contributed by atoms with Gasteiger partial charge in [-0.1, -0.05) is 58.0 Å². The van der Waals surface area contributed by atoms with Crippen molar-refractivity contribution in [3.05, 3.63) is 88.9 Å². The van der Waals surface area contributed by atoms with Gasteiger partial charge in [0.05, 0.1) is 18.6 Å². The number of nitrogens with one attached hydrogen (secondary N) is 1. The Morgan fingerprint density at radius 2 is 1.74 bits per heavy atom. The Balaban J connectivity index is 1.51. The summed E-state index contributed by atoms with van der Waals surface area (Å²) in [7, 11) is 1.63. The first-order chi connectivity index (χ1) is 16.5. The number of benzene rings is 3. The minimum absolute atomic E-state index is 0.144. The van der Waals surface area contributed by atoms with Crippen LogP contribution in [0.2, 0.25) is 0 Å². The fraction of sp³-hybridized carbons (Fsp3) is 0.120. The third kappa shape index (κ3) is 5.73. The van der Waals surface area contributed by atoms with E-state index in [4.69, 9.17) is 4.74 Å². The number of hydrazone groups is 1. The molecule has 3 aromatic carbocycles. The van der Waals surface area contributed by atoms with E-state index in [0.717, 1.165) is 32.7 Å². The van der Waals surface area contributed by atoms with Crippen LogP contribution in [0.15, 0.2) is 93.6 Å². The molecule has 0 aliphatic rings. The number of rotatable bonds is 8. The summed E-state index contributed by atoms with van der Waals surface area (Å²) in [5.41, 5.74) is 6.08. The molecule has 0 radical (unpaired) electrons. The molecule has 4 aromatic rings. The molecule has 0 unspecified atom stereocenters. The zero-order chi connectivity index (χ0) is 23.9. The van der Waals surface area contributed by atoms with Gasteiger partial charge in [0.25, 0.3) is 5.91 Å². The Hall–Kier alpha value is -3.43. The third-order valence-corrected chi connectivity index (χ3v) is 6.40. The minimum atomic E-state index is -0.227. The lowest BCUT2D eigenvalue weighted by atomic mass is 10.1. The molecule has 0 spiro atoms. The van der Waals surface area contributed by atoms with E-state index in [1.807, 2.05) is 90.4 Å². The normalized spacial score (nSPS) is 11.3. The van der Waals surface area contributed by atoms with Gasteiger partial charge in [0.15, 0.2) is 11.0 Å². The van der Waals surface area contributed by atoms with E-state index in [-0.39, 0.29) is 11.7 Å². The van der Waals surface area contributed by atoms with E-state index >= 15 is 0 Å². The highest BCUT2D eigenvalue weighted by atomic mass is 79.9. The fourth-order valence-electron chi connectivity index (χ4n) is 3.16. The first-order valence-electron chi connectivity index (χ1n) is 10.4. The average Bonchev–Trinajstić information content (AvgIpc) is 3.31. The van der Waals surface area contributed by atoms with Crippen molar-refractivity contribution in [1.29, 1.82) is 0 Å². The van der Waals surface area contributed by atoms with Gasteiger partial charge in [-0.25, -0.2) is 5.43 Å². The molecule has 1 heterocycles. The molecule has 4 rings (SSSR count). The number of amides is 1. The average molecular weight is 536 g/mol. The highest BCUT2D eigenvalue weighted by Crippen LogP contribution is 2.29. The second-order valence-electron chi connectivity index (χ2n) is 7.23. The Kier molecular flexibility index (Phi) is 7.76. The predicted molar refractivity (Wildman–Crippen MR) is 139 cm³/mol. The van der Waals surface area contributed by atoms with Gasteiger partial charge in [0.2, 0.25) is 0 Å². The zero-order valence-corrected chi connectivity index (χ0v) is 21.0. The summed E-state index contributed by atoms with van der Waals surface area (Å²) < 4.78 is 8.19. The van der Waals surface area contributed by atoms with E-state index in [0.29, 0.717) is 11.0 Å². The molecule has 0 saturated heterocycles. The lowest BCUT2D eigenvalue weighted by molar-refractivity contribution is -0.118. The van der Waals surface area contributed by atoms with Crippen molar-refractivity contribution >= 4 is 39.3 Å². The molecule has 172 valence electrons. The van der Waals surface area contributed by atoms with Gasteiger partial charge < -0.3 is 4.74 Å². The molecule has 0 aliphatic carbocycles. The molecule has 0 fully saturated rings. The van der Waals surface area contributed by atoms with Crippen LogP contribution in [0.5, 0.6) is 5.75 Å². The maximum atomic E-state index is 12.5. The minimum Gasteiger partial charge on any atom is -0.497 e. The van der Waals surface area contributed by atoms with Crippen molar-refractivity contribution < 1.29 is 9.53 Å². The van der Waals surface area contributed by atoms with E-state index in [1.165, 1.54) is 11.8 Å². The van der Waals surface area contributed by atoms with E-state index in [2.05, 4.69) is 36.7 Å². The molecule has 0 saturated carbocycles. The van der Waals surface area contributed by atoms with Gasteiger partial charge in [-0.15, -0.1) is 10.2 Å². The van der Waals surface area contributed by atoms with Gasteiger partial charge in [-0.3, -0.25) is 9.36 Å². The number of para-hydroxylation sites is 1. The number of aromatic nitrogens is 3. The first kappa shape index (κ1) is 23.7. The molecule has 1 aromatic heterocycles. The summed E-state index contributed by atoms with van der Waals surface area (Å²) in [5, 5.41) is 13.6. The van der Waals surface area contributed by atoms with Crippen LogP contribution in [-0.4, -0.2) is 39.2 Å². The van der Waals surface area contributed by atoms with E-state index < -0.39 is 0 Å². The maximum absolute atomic E-state index is 12.5. The molecule has 7 nitrogen and oxygen atoms in total. The number of methoxy groups -OCH3 is 1. The van der Waals surface area contributed by atoms with Crippen LogP contribution in [0.1, 0.15) is 12.5 Å². The number of ether oxygens (including phenoxy) is 1. The van der Waals surface area contributed by atoms with Crippen LogP contribution in [-0.2, 0) is 4.79 Å².